The Morgan fingerprint density at radius 1 is 1.04 bits per heavy atom. The molecule has 0 atom stereocenters. The molecule has 1 aliphatic heterocycles. The lowest BCUT2D eigenvalue weighted by molar-refractivity contribution is 0.203. The van der Waals surface area contributed by atoms with Crippen LogP contribution in [0, 0.1) is 6.92 Å². The number of aryl methyl sites for hydroxylation is 2. The maximum absolute atomic E-state index is 4.86. The summed E-state index contributed by atoms with van der Waals surface area (Å²) in [6, 6.07) is 12.2. The second-order valence-corrected chi connectivity index (χ2v) is 7.49. The quantitative estimate of drug-likeness (QED) is 0.701. The second kappa shape index (κ2) is 8.52. The molecule has 4 heterocycles. The molecule has 1 N–H and O–H groups in total. The van der Waals surface area contributed by atoms with Crippen LogP contribution in [0.25, 0.3) is 0 Å². The fourth-order valence-electron chi connectivity index (χ4n) is 3.80. The SMILES string of the molecule is CCn1cc(CN2CCC(c3cccc(Nc4cccc(C)n4)n3)CC2)cn1. The van der Waals surface area contributed by atoms with Gasteiger partial charge in [0.2, 0.25) is 0 Å². The normalized spacial score (nSPS) is 15.6. The molecule has 3 aromatic rings. The van der Waals surface area contributed by atoms with Crippen LogP contribution >= 0.6 is 0 Å². The number of aromatic nitrogens is 4. The van der Waals surface area contributed by atoms with E-state index in [4.69, 9.17) is 4.98 Å². The molecule has 0 bridgehead atoms. The van der Waals surface area contributed by atoms with E-state index in [-0.39, 0.29) is 0 Å². The molecule has 6 nitrogen and oxygen atoms in total. The van der Waals surface area contributed by atoms with E-state index in [1.165, 1.54) is 11.3 Å². The van der Waals surface area contributed by atoms with Crippen LogP contribution in [0.4, 0.5) is 11.6 Å². The molecule has 1 saturated heterocycles. The van der Waals surface area contributed by atoms with Crippen LogP contribution in [0.3, 0.4) is 0 Å². The van der Waals surface area contributed by atoms with Gasteiger partial charge in [-0.15, -0.1) is 0 Å². The molecule has 28 heavy (non-hydrogen) atoms. The lowest BCUT2D eigenvalue weighted by Crippen LogP contribution is -2.32. The van der Waals surface area contributed by atoms with Crippen molar-refractivity contribution in [1.82, 2.24) is 24.6 Å². The molecule has 146 valence electrons. The zero-order valence-electron chi connectivity index (χ0n) is 16.7. The Bertz CT molecular complexity index is 911. The number of hydrogen-bond donors (Lipinski definition) is 1. The highest BCUT2D eigenvalue weighted by Gasteiger charge is 2.22. The summed E-state index contributed by atoms with van der Waals surface area (Å²) in [7, 11) is 0. The fourth-order valence-corrected chi connectivity index (χ4v) is 3.80. The van der Waals surface area contributed by atoms with E-state index < -0.39 is 0 Å². The average molecular weight is 377 g/mol. The van der Waals surface area contributed by atoms with Crippen LogP contribution in [0.1, 0.15) is 42.6 Å². The van der Waals surface area contributed by atoms with E-state index in [1.807, 2.05) is 42.1 Å². The van der Waals surface area contributed by atoms with Crippen molar-refractivity contribution < 1.29 is 0 Å². The summed E-state index contributed by atoms with van der Waals surface area (Å²) < 4.78 is 1.99. The van der Waals surface area contributed by atoms with Crippen LogP contribution in [-0.2, 0) is 13.1 Å². The highest BCUT2D eigenvalue weighted by molar-refractivity contribution is 5.51. The van der Waals surface area contributed by atoms with Crippen LogP contribution in [0.15, 0.2) is 48.8 Å². The van der Waals surface area contributed by atoms with Crippen molar-refractivity contribution >= 4 is 11.6 Å². The van der Waals surface area contributed by atoms with Crippen LogP contribution in [0.5, 0.6) is 0 Å². The molecule has 1 fully saturated rings. The number of piperidine rings is 1. The minimum atomic E-state index is 0.516. The maximum atomic E-state index is 4.86. The maximum Gasteiger partial charge on any atom is 0.131 e. The van der Waals surface area contributed by atoms with Gasteiger partial charge in [0.1, 0.15) is 11.6 Å². The molecule has 0 aromatic carbocycles. The van der Waals surface area contributed by atoms with Gasteiger partial charge in [0.15, 0.2) is 0 Å². The minimum absolute atomic E-state index is 0.516. The van der Waals surface area contributed by atoms with Gasteiger partial charge in [-0.1, -0.05) is 12.1 Å². The Balaban J connectivity index is 1.35. The first kappa shape index (κ1) is 18.6. The molecule has 0 aliphatic carbocycles. The van der Waals surface area contributed by atoms with Crippen molar-refractivity contribution in [1.29, 1.82) is 0 Å². The third-order valence-corrected chi connectivity index (χ3v) is 5.34. The Morgan fingerprint density at radius 3 is 2.50 bits per heavy atom. The predicted octanol–water partition coefficient (Wildman–Crippen LogP) is 4.12. The smallest absolute Gasteiger partial charge is 0.131 e. The average Bonchev–Trinajstić information content (AvgIpc) is 3.16. The first-order chi connectivity index (χ1) is 13.7. The third-order valence-electron chi connectivity index (χ3n) is 5.34. The minimum Gasteiger partial charge on any atom is -0.325 e. The molecule has 1 aliphatic rings. The van der Waals surface area contributed by atoms with Gasteiger partial charge in [0, 0.05) is 42.2 Å². The summed E-state index contributed by atoms with van der Waals surface area (Å²) >= 11 is 0. The largest absolute Gasteiger partial charge is 0.325 e. The van der Waals surface area contributed by atoms with Gasteiger partial charge in [0.25, 0.3) is 0 Å². The highest BCUT2D eigenvalue weighted by atomic mass is 15.3. The van der Waals surface area contributed by atoms with E-state index in [2.05, 4.69) is 45.6 Å². The van der Waals surface area contributed by atoms with E-state index in [0.717, 1.165) is 56.4 Å². The van der Waals surface area contributed by atoms with Crippen LogP contribution in [0.2, 0.25) is 0 Å². The number of nitrogens with zero attached hydrogens (tertiary/aromatic N) is 5. The monoisotopic (exact) mass is 376 g/mol. The van der Waals surface area contributed by atoms with E-state index >= 15 is 0 Å². The third kappa shape index (κ3) is 4.57. The highest BCUT2D eigenvalue weighted by Crippen LogP contribution is 2.28. The Morgan fingerprint density at radius 2 is 1.79 bits per heavy atom. The van der Waals surface area contributed by atoms with Crippen LogP contribution in [-0.4, -0.2) is 37.7 Å². The predicted molar refractivity (Wildman–Crippen MR) is 112 cm³/mol. The van der Waals surface area contributed by atoms with Crippen molar-refractivity contribution in [3.8, 4) is 0 Å². The molecular formula is C22H28N6. The summed E-state index contributed by atoms with van der Waals surface area (Å²) in [5, 5.41) is 7.71. The van der Waals surface area contributed by atoms with Gasteiger partial charge in [0.05, 0.1) is 6.20 Å². The van der Waals surface area contributed by atoms with Crippen molar-refractivity contribution in [2.45, 2.75) is 45.7 Å². The first-order valence-corrected chi connectivity index (χ1v) is 10.1. The van der Waals surface area contributed by atoms with E-state index in [0.29, 0.717) is 5.92 Å². The Kier molecular flexibility index (Phi) is 5.67. The molecule has 0 amide bonds. The standard InChI is InChI=1S/C22H28N6/c1-3-28-16-18(14-23-28)15-27-12-10-19(11-13-27)20-7-5-9-22(25-20)26-21-8-4-6-17(2)24-21/h4-9,14,16,19H,3,10-13,15H2,1-2H3,(H,24,25,26). The van der Waals surface area contributed by atoms with Gasteiger partial charge >= 0.3 is 0 Å². The number of nitrogens with one attached hydrogen (secondary N) is 1. The van der Waals surface area contributed by atoms with Gasteiger partial charge < -0.3 is 5.32 Å². The molecule has 6 heteroatoms. The van der Waals surface area contributed by atoms with Gasteiger partial charge in [-0.2, -0.15) is 5.10 Å². The number of pyridine rings is 2. The van der Waals surface area contributed by atoms with E-state index in [1.54, 1.807) is 0 Å². The molecule has 4 rings (SSSR count). The lowest BCUT2D eigenvalue weighted by atomic mass is 9.93. The molecule has 0 radical (unpaired) electrons. The van der Waals surface area contributed by atoms with Gasteiger partial charge in [-0.3, -0.25) is 9.58 Å². The van der Waals surface area contributed by atoms with Crippen molar-refractivity contribution in [3.05, 3.63) is 65.7 Å². The van der Waals surface area contributed by atoms with Crippen LogP contribution < -0.4 is 5.32 Å². The first-order valence-electron chi connectivity index (χ1n) is 10.1. The number of likely N-dealkylation sites (tertiary alicyclic amines) is 1. The summed E-state index contributed by atoms with van der Waals surface area (Å²) in [6.07, 6.45) is 6.43. The van der Waals surface area contributed by atoms with Crippen molar-refractivity contribution in [3.63, 3.8) is 0 Å². The topological polar surface area (TPSA) is 58.9 Å². The van der Waals surface area contributed by atoms with E-state index in [9.17, 15) is 0 Å². The van der Waals surface area contributed by atoms with Crippen molar-refractivity contribution in [2.75, 3.05) is 18.4 Å². The fraction of sp³-hybridized carbons (Fsp3) is 0.409. The lowest BCUT2D eigenvalue weighted by Gasteiger charge is -2.31. The number of anilines is 2. The summed E-state index contributed by atoms with van der Waals surface area (Å²) in [5.74, 6) is 2.22. The summed E-state index contributed by atoms with van der Waals surface area (Å²) in [4.78, 5) is 11.9. The molecule has 0 unspecified atom stereocenters. The van der Waals surface area contributed by atoms with Gasteiger partial charge in [-0.25, -0.2) is 9.97 Å². The zero-order chi connectivity index (χ0) is 19.3. The Hall–Kier alpha value is -2.73. The second-order valence-electron chi connectivity index (χ2n) is 7.49. The number of rotatable bonds is 6. The Labute approximate surface area is 166 Å². The molecule has 3 aromatic heterocycles. The van der Waals surface area contributed by atoms with Crippen molar-refractivity contribution in [2.24, 2.45) is 0 Å². The molecular weight excluding hydrogens is 348 g/mol. The molecule has 0 saturated carbocycles. The number of hydrogen-bond acceptors (Lipinski definition) is 5. The van der Waals surface area contributed by atoms with Gasteiger partial charge in [-0.05, 0) is 64.0 Å². The summed E-state index contributed by atoms with van der Waals surface area (Å²) in [6.45, 7) is 8.22. The summed E-state index contributed by atoms with van der Waals surface area (Å²) in [5.41, 5.74) is 3.48. The zero-order valence-corrected chi connectivity index (χ0v) is 16.7. The molecule has 0 spiro atoms.